The zero-order valence-electron chi connectivity index (χ0n) is 17.6. The van der Waals surface area contributed by atoms with Crippen LogP contribution in [0.15, 0.2) is 18.3 Å². The molecule has 11 heteroatoms. The molecular formula is C20H25ClN6O3S. The van der Waals surface area contributed by atoms with Crippen LogP contribution < -0.4 is 16.0 Å². The Bertz CT molecular complexity index is 962. The molecule has 9 nitrogen and oxygen atoms in total. The molecule has 0 aromatic carbocycles. The van der Waals surface area contributed by atoms with Crippen molar-refractivity contribution in [1.29, 1.82) is 0 Å². The van der Waals surface area contributed by atoms with Crippen LogP contribution in [0, 0.1) is 5.92 Å². The number of rotatable bonds is 6. The van der Waals surface area contributed by atoms with Gasteiger partial charge in [0, 0.05) is 36.8 Å². The third kappa shape index (κ3) is 6.22. The molecule has 3 heterocycles. The number of thiazole rings is 1. The predicted octanol–water partition coefficient (Wildman–Crippen LogP) is 1.69. The number of aromatic nitrogens is 2. The maximum atomic E-state index is 12.7. The number of likely N-dealkylation sites (N-methyl/N-ethyl adjacent to an activating group) is 1. The third-order valence-corrected chi connectivity index (χ3v) is 6.27. The molecule has 0 saturated carbocycles. The molecule has 1 aliphatic heterocycles. The van der Waals surface area contributed by atoms with Gasteiger partial charge in [-0.1, -0.05) is 25.4 Å². The molecule has 2 aromatic rings. The molecule has 0 spiro atoms. The first-order valence-electron chi connectivity index (χ1n) is 9.91. The van der Waals surface area contributed by atoms with Crippen molar-refractivity contribution < 1.29 is 14.4 Å². The lowest BCUT2D eigenvalue weighted by Gasteiger charge is -2.22. The van der Waals surface area contributed by atoms with Crippen LogP contribution in [-0.4, -0.2) is 58.8 Å². The second kappa shape index (κ2) is 10.2. The summed E-state index contributed by atoms with van der Waals surface area (Å²) in [5.41, 5.74) is 0.950. The van der Waals surface area contributed by atoms with E-state index in [0.29, 0.717) is 10.0 Å². The molecule has 0 radical (unpaired) electrons. The first-order valence-corrected chi connectivity index (χ1v) is 11.1. The van der Waals surface area contributed by atoms with Crippen molar-refractivity contribution >= 4 is 46.5 Å². The van der Waals surface area contributed by atoms with Crippen molar-refractivity contribution in [1.82, 2.24) is 25.5 Å². The smallest absolute Gasteiger partial charge is 0.314 e. The molecule has 1 atom stereocenters. The van der Waals surface area contributed by atoms with Gasteiger partial charge in [0.2, 0.25) is 0 Å². The highest BCUT2D eigenvalue weighted by Crippen LogP contribution is 2.24. The topological polar surface area (TPSA) is 116 Å². The minimum absolute atomic E-state index is 0.0333. The van der Waals surface area contributed by atoms with Gasteiger partial charge in [-0.15, -0.1) is 11.3 Å². The molecule has 3 N–H and O–H groups in total. The normalized spacial score (nSPS) is 14.6. The first-order chi connectivity index (χ1) is 14.7. The largest absolute Gasteiger partial charge is 0.346 e. The number of hydrogen-bond donors (Lipinski definition) is 3. The van der Waals surface area contributed by atoms with Crippen molar-refractivity contribution in [2.75, 3.05) is 25.5 Å². The van der Waals surface area contributed by atoms with E-state index >= 15 is 0 Å². The number of pyridine rings is 1. The first kappa shape index (κ1) is 23.1. The van der Waals surface area contributed by atoms with Crippen LogP contribution in [0.3, 0.4) is 0 Å². The Hall–Kier alpha value is -2.56. The zero-order chi connectivity index (χ0) is 22.5. The number of hydrogen-bond acceptors (Lipinski definition) is 7. The van der Waals surface area contributed by atoms with Crippen molar-refractivity contribution in [2.45, 2.75) is 32.9 Å². The van der Waals surface area contributed by atoms with Crippen LogP contribution in [0.1, 0.15) is 34.2 Å². The van der Waals surface area contributed by atoms with Gasteiger partial charge in [-0.05, 0) is 31.5 Å². The summed E-state index contributed by atoms with van der Waals surface area (Å²) in [6.07, 6.45) is 2.26. The average molecular weight is 465 g/mol. The van der Waals surface area contributed by atoms with Crippen LogP contribution in [0.2, 0.25) is 5.02 Å². The van der Waals surface area contributed by atoms with Crippen LogP contribution in [0.25, 0.3) is 0 Å². The Labute approximate surface area is 189 Å². The molecule has 3 amide bonds. The Morgan fingerprint density at radius 3 is 2.71 bits per heavy atom. The molecule has 0 fully saturated rings. The summed E-state index contributed by atoms with van der Waals surface area (Å²) < 4.78 is 0. The Morgan fingerprint density at radius 2 is 2.03 bits per heavy atom. The van der Waals surface area contributed by atoms with E-state index in [0.717, 1.165) is 30.1 Å². The van der Waals surface area contributed by atoms with E-state index < -0.39 is 11.8 Å². The fourth-order valence-corrected chi connectivity index (χ4v) is 4.09. The van der Waals surface area contributed by atoms with Gasteiger partial charge in [0.25, 0.3) is 5.91 Å². The fraction of sp³-hybridized carbons (Fsp3) is 0.450. The lowest BCUT2D eigenvalue weighted by Crippen LogP contribution is -2.48. The van der Waals surface area contributed by atoms with Crippen LogP contribution in [0.4, 0.5) is 5.82 Å². The molecular weight excluding hydrogens is 440 g/mol. The van der Waals surface area contributed by atoms with Crippen LogP contribution >= 0.6 is 22.9 Å². The van der Waals surface area contributed by atoms with Crippen LogP contribution in [-0.2, 0) is 22.6 Å². The number of nitrogens with one attached hydrogen (secondary N) is 3. The SMILES string of the molecule is CC(C)[C@H](CNC(=O)C(=O)Nc1ccc(Cl)cn1)NC(=O)c1nc2c(s1)CCN(C)C2. The predicted molar refractivity (Wildman–Crippen MR) is 119 cm³/mol. The van der Waals surface area contributed by atoms with E-state index in [1.54, 1.807) is 6.07 Å². The van der Waals surface area contributed by atoms with Gasteiger partial charge in [-0.2, -0.15) is 0 Å². The standard InChI is InChI=1S/C20H25ClN6O3S/c1-11(2)13(9-23-17(28)18(29)26-16-5-4-12(21)8-22-16)24-19(30)20-25-14-10-27(3)7-6-15(14)31-20/h4-5,8,11,13H,6-7,9-10H2,1-3H3,(H,23,28)(H,24,30)(H,22,26,29)/t13-/m0/s1. The third-order valence-electron chi connectivity index (χ3n) is 4.89. The summed E-state index contributed by atoms with van der Waals surface area (Å²) >= 11 is 7.16. The Morgan fingerprint density at radius 1 is 1.26 bits per heavy atom. The summed E-state index contributed by atoms with van der Waals surface area (Å²) in [6.45, 7) is 5.65. The molecule has 3 rings (SSSR count). The summed E-state index contributed by atoms with van der Waals surface area (Å²) in [7, 11) is 2.03. The second-order valence-electron chi connectivity index (χ2n) is 7.73. The Kier molecular flexibility index (Phi) is 7.58. The maximum absolute atomic E-state index is 12.7. The summed E-state index contributed by atoms with van der Waals surface area (Å²) in [6, 6.07) is 2.69. The van der Waals surface area contributed by atoms with Crippen molar-refractivity contribution in [3.63, 3.8) is 0 Å². The van der Waals surface area contributed by atoms with E-state index in [9.17, 15) is 14.4 Å². The number of anilines is 1. The van der Waals surface area contributed by atoms with E-state index in [4.69, 9.17) is 11.6 Å². The van der Waals surface area contributed by atoms with Gasteiger partial charge in [-0.3, -0.25) is 14.4 Å². The van der Waals surface area contributed by atoms with Gasteiger partial charge < -0.3 is 20.9 Å². The Balaban J connectivity index is 1.54. The number of carbonyl (C=O) groups is 3. The number of carbonyl (C=O) groups excluding carboxylic acids is 3. The van der Waals surface area contributed by atoms with Crippen molar-refractivity contribution in [2.24, 2.45) is 5.92 Å². The minimum atomic E-state index is -0.847. The van der Waals surface area contributed by atoms with Gasteiger partial charge in [0.05, 0.1) is 10.7 Å². The van der Waals surface area contributed by atoms with E-state index in [-0.39, 0.29) is 30.2 Å². The highest BCUT2D eigenvalue weighted by Gasteiger charge is 2.25. The number of fused-ring (bicyclic) bond motifs is 1. The maximum Gasteiger partial charge on any atom is 0.314 e. The highest BCUT2D eigenvalue weighted by atomic mass is 35.5. The van der Waals surface area contributed by atoms with E-state index in [1.807, 2.05) is 20.9 Å². The average Bonchev–Trinajstić information content (AvgIpc) is 3.15. The quantitative estimate of drug-likeness (QED) is 0.560. The zero-order valence-corrected chi connectivity index (χ0v) is 19.1. The van der Waals surface area contributed by atoms with Gasteiger partial charge >= 0.3 is 11.8 Å². The fourth-order valence-electron chi connectivity index (χ4n) is 3.02. The number of halogens is 1. The van der Waals surface area contributed by atoms with Gasteiger partial charge in [-0.25, -0.2) is 9.97 Å². The van der Waals surface area contributed by atoms with Crippen molar-refractivity contribution in [3.05, 3.63) is 38.9 Å². The lowest BCUT2D eigenvalue weighted by atomic mass is 10.0. The summed E-state index contributed by atoms with van der Waals surface area (Å²) in [5, 5.41) is 8.73. The number of nitrogens with zero attached hydrogens (tertiary/aromatic N) is 3. The molecule has 166 valence electrons. The van der Waals surface area contributed by atoms with Crippen molar-refractivity contribution in [3.8, 4) is 0 Å². The molecule has 1 aliphatic rings. The van der Waals surface area contributed by atoms with E-state index in [2.05, 4.69) is 30.8 Å². The molecule has 2 aromatic heterocycles. The lowest BCUT2D eigenvalue weighted by molar-refractivity contribution is -0.136. The monoisotopic (exact) mass is 464 g/mol. The van der Waals surface area contributed by atoms with Gasteiger partial charge in [0.15, 0.2) is 5.01 Å². The highest BCUT2D eigenvalue weighted by molar-refractivity contribution is 7.13. The molecule has 0 saturated heterocycles. The summed E-state index contributed by atoms with van der Waals surface area (Å²) in [4.78, 5) is 48.7. The number of amides is 3. The molecule has 0 unspecified atom stereocenters. The van der Waals surface area contributed by atoms with Gasteiger partial charge in [0.1, 0.15) is 5.82 Å². The summed E-state index contributed by atoms with van der Waals surface area (Å²) in [5.74, 6) is -1.68. The molecule has 0 aliphatic carbocycles. The van der Waals surface area contributed by atoms with Crippen LogP contribution in [0.5, 0.6) is 0 Å². The van der Waals surface area contributed by atoms with E-state index in [1.165, 1.54) is 23.6 Å². The molecule has 0 bridgehead atoms. The second-order valence-corrected chi connectivity index (χ2v) is 9.25. The molecule has 31 heavy (non-hydrogen) atoms. The minimum Gasteiger partial charge on any atom is -0.346 e.